The molecule has 2 fully saturated rings. The molecule has 0 aromatic heterocycles. The van der Waals surface area contributed by atoms with Crippen LogP contribution >= 0.6 is 0 Å². The van der Waals surface area contributed by atoms with E-state index in [4.69, 9.17) is 15.7 Å². The number of hydrogen-bond acceptors (Lipinski definition) is 5. The molecule has 2 aliphatic heterocycles. The maximum Gasteiger partial charge on any atom is 0.252 e. The summed E-state index contributed by atoms with van der Waals surface area (Å²) in [7, 11) is 0. The number of nitrogens with one attached hydrogen (secondary N) is 1. The van der Waals surface area contributed by atoms with Gasteiger partial charge in [0.2, 0.25) is 0 Å². The number of likely N-dealkylation sites (tertiary alicyclic amines) is 1. The number of amidine groups is 1. The third-order valence-electron chi connectivity index (χ3n) is 4.14. The second kappa shape index (κ2) is 6.41. The van der Waals surface area contributed by atoms with Crippen LogP contribution in [0, 0.1) is 0 Å². The Balaban J connectivity index is 1.75. The van der Waals surface area contributed by atoms with Gasteiger partial charge >= 0.3 is 0 Å². The van der Waals surface area contributed by atoms with Crippen molar-refractivity contribution in [1.82, 2.24) is 10.2 Å². The van der Waals surface area contributed by atoms with E-state index in [0.29, 0.717) is 13.2 Å². The lowest BCUT2D eigenvalue weighted by Crippen LogP contribution is -2.52. The second-order valence-corrected chi connectivity index (χ2v) is 5.80. The van der Waals surface area contributed by atoms with Crippen LogP contribution in [0.1, 0.15) is 32.6 Å². The highest BCUT2D eigenvalue weighted by Crippen LogP contribution is 2.25. The van der Waals surface area contributed by atoms with Crippen molar-refractivity contribution >= 4 is 11.7 Å². The molecule has 7 nitrogen and oxygen atoms in total. The number of carbonyl (C=O) groups is 1. The summed E-state index contributed by atoms with van der Waals surface area (Å²) in [5.74, 6) is 0.226. The Kier molecular flexibility index (Phi) is 4.82. The molecule has 2 aliphatic rings. The second-order valence-electron chi connectivity index (χ2n) is 5.80. The fraction of sp³-hybridized carbons (Fsp3) is 0.846. The van der Waals surface area contributed by atoms with Crippen molar-refractivity contribution in [2.24, 2.45) is 10.9 Å². The molecule has 2 heterocycles. The molecular formula is C13H24N4O3. The van der Waals surface area contributed by atoms with E-state index in [-0.39, 0.29) is 17.8 Å². The van der Waals surface area contributed by atoms with Gasteiger partial charge in [0, 0.05) is 25.7 Å². The largest absolute Gasteiger partial charge is 0.409 e. The Hall–Kier alpha value is -1.34. The summed E-state index contributed by atoms with van der Waals surface area (Å²) in [6, 6.07) is 0.187. The van der Waals surface area contributed by atoms with Crippen molar-refractivity contribution in [2.45, 2.75) is 44.2 Å². The highest BCUT2D eigenvalue weighted by atomic mass is 16.5. The normalized spacial score (nSPS) is 29.6. The van der Waals surface area contributed by atoms with Gasteiger partial charge in [0.05, 0.1) is 6.54 Å². The summed E-state index contributed by atoms with van der Waals surface area (Å²) in [6.45, 7) is 4.67. The summed E-state index contributed by atoms with van der Waals surface area (Å²) >= 11 is 0. The number of carbonyl (C=O) groups excluding carboxylic acids is 1. The number of piperidine rings is 1. The topological polar surface area (TPSA) is 100 Å². The van der Waals surface area contributed by atoms with E-state index in [2.05, 4.69) is 15.4 Å². The van der Waals surface area contributed by atoms with Crippen molar-refractivity contribution in [3.8, 4) is 0 Å². The van der Waals surface area contributed by atoms with Gasteiger partial charge < -0.3 is 21.0 Å². The molecule has 0 aromatic rings. The van der Waals surface area contributed by atoms with Crippen LogP contribution in [-0.4, -0.2) is 59.7 Å². The van der Waals surface area contributed by atoms with Gasteiger partial charge in [-0.05, 0) is 32.6 Å². The number of nitrogens with zero attached hydrogens (tertiary/aromatic N) is 2. The molecule has 0 saturated carbocycles. The Morgan fingerprint density at radius 1 is 1.55 bits per heavy atom. The van der Waals surface area contributed by atoms with E-state index in [1.807, 2.05) is 6.92 Å². The molecule has 4 N–H and O–H groups in total. The summed E-state index contributed by atoms with van der Waals surface area (Å²) < 4.78 is 5.55. The van der Waals surface area contributed by atoms with Crippen LogP contribution in [-0.2, 0) is 9.53 Å². The zero-order valence-corrected chi connectivity index (χ0v) is 12.0. The lowest BCUT2D eigenvalue weighted by atomic mass is 9.99. The summed E-state index contributed by atoms with van der Waals surface area (Å²) in [5, 5.41) is 14.6. The van der Waals surface area contributed by atoms with Gasteiger partial charge in [-0.1, -0.05) is 5.16 Å². The van der Waals surface area contributed by atoms with Crippen LogP contribution in [0.5, 0.6) is 0 Å². The van der Waals surface area contributed by atoms with Crippen molar-refractivity contribution < 1.29 is 14.7 Å². The third-order valence-corrected chi connectivity index (χ3v) is 4.14. The molecule has 1 amide bonds. The fourth-order valence-corrected chi connectivity index (χ4v) is 2.79. The Bertz CT molecular complexity index is 372. The zero-order valence-electron chi connectivity index (χ0n) is 12.0. The van der Waals surface area contributed by atoms with Crippen molar-refractivity contribution in [2.75, 3.05) is 26.2 Å². The molecule has 0 aromatic carbocycles. The van der Waals surface area contributed by atoms with Crippen LogP contribution in [0.4, 0.5) is 0 Å². The first kappa shape index (κ1) is 15.1. The van der Waals surface area contributed by atoms with Gasteiger partial charge in [0.1, 0.15) is 5.60 Å². The standard InChI is InChI=1S/C13H24N4O3/c1-13(5-2-8-20-13)12(18)15-10-3-6-17(7-4-10)9-11(14)16-19/h10,19H,2-9H2,1H3,(H2,14,16)(H,15,18). The van der Waals surface area contributed by atoms with Gasteiger partial charge in [0.15, 0.2) is 5.84 Å². The molecule has 0 radical (unpaired) electrons. The maximum absolute atomic E-state index is 12.2. The minimum absolute atomic E-state index is 0.00452. The first-order valence-corrected chi connectivity index (χ1v) is 7.17. The highest BCUT2D eigenvalue weighted by Gasteiger charge is 2.38. The van der Waals surface area contributed by atoms with Gasteiger partial charge in [-0.15, -0.1) is 0 Å². The third kappa shape index (κ3) is 3.61. The maximum atomic E-state index is 12.2. The average molecular weight is 284 g/mol. The molecule has 0 bridgehead atoms. The van der Waals surface area contributed by atoms with E-state index >= 15 is 0 Å². The van der Waals surface area contributed by atoms with Gasteiger partial charge in [0.25, 0.3) is 5.91 Å². The quantitative estimate of drug-likeness (QED) is 0.289. The minimum Gasteiger partial charge on any atom is -0.409 e. The minimum atomic E-state index is -0.648. The highest BCUT2D eigenvalue weighted by molar-refractivity contribution is 5.85. The molecule has 0 spiro atoms. The SMILES string of the molecule is CC1(C(=O)NC2CCN(CC(N)=NO)CC2)CCCO1. The van der Waals surface area contributed by atoms with Crippen molar-refractivity contribution in [3.63, 3.8) is 0 Å². The Labute approximate surface area is 119 Å². The monoisotopic (exact) mass is 284 g/mol. The number of ether oxygens (including phenoxy) is 1. The first-order chi connectivity index (χ1) is 9.53. The summed E-state index contributed by atoms with van der Waals surface area (Å²) in [4.78, 5) is 14.3. The predicted molar refractivity (Wildman–Crippen MR) is 74.6 cm³/mol. The number of amides is 1. The molecule has 20 heavy (non-hydrogen) atoms. The smallest absolute Gasteiger partial charge is 0.252 e. The van der Waals surface area contributed by atoms with Crippen LogP contribution in [0.15, 0.2) is 5.16 Å². The number of rotatable bonds is 4. The van der Waals surface area contributed by atoms with Crippen LogP contribution in [0.2, 0.25) is 0 Å². The van der Waals surface area contributed by atoms with Crippen LogP contribution in [0.25, 0.3) is 0 Å². The molecule has 1 atom stereocenters. The van der Waals surface area contributed by atoms with E-state index in [9.17, 15) is 4.79 Å². The Morgan fingerprint density at radius 3 is 2.80 bits per heavy atom. The number of hydrogen-bond donors (Lipinski definition) is 3. The van der Waals surface area contributed by atoms with Crippen LogP contribution in [0.3, 0.4) is 0 Å². The van der Waals surface area contributed by atoms with E-state index < -0.39 is 5.60 Å². The van der Waals surface area contributed by atoms with Gasteiger partial charge in [-0.2, -0.15) is 0 Å². The fourth-order valence-electron chi connectivity index (χ4n) is 2.79. The van der Waals surface area contributed by atoms with E-state index in [0.717, 1.165) is 38.8 Å². The first-order valence-electron chi connectivity index (χ1n) is 7.17. The molecule has 0 aliphatic carbocycles. The molecule has 2 rings (SSSR count). The van der Waals surface area contributed by atoms with Crippen molar-refractivity contribution in [1.29, 1.82) is 0 Å². The number of oxime groups is 1. The lowest BCUT2D eigenvalue weighted by molar-refractivity contribution is -0.140. The zero-order chi connectivity index (χ0) is 14.6. The molecule has 1 unspecified atom stereocenters. The molecular weight excluding hydrogens is 260 g/mol. The van der Waals surface area contributed by atoms with Gasteiger partial charge in [-0.3, -0.25) is 9.69 Å². The molecule has 7 heteroatoms. The average Bonchev–Trinajstić information content (AvgIpc) is 2.89. The predicted octanol–water partition coefficient (Wildman–Crippen LogP) is -0.117. The van der Waals surface area contributed by atoms with E-state index in [1.54, 1.807) is 0 Å². The van der Waals surface area contributed by atoms with E-state index in [1.165, 1.54) is 0 Å². The van der Waals surface area contributed by atoms with Crippen LogP contribution < -0.4 is 11.1 Å². The van der Waals surface area contributed by atoms with Gasteiger partial charge in [-0.25, -0.2) is 0 Å². The van der Waals surface area contributed by atoms with Crippen molar-refractivity contribution in [3.05, 3.63) is 0 Å². The molecule has 114 valence electrons. The summed E-state index contributed by atoms with van der Waals surface area (Å²) in [5.41, 5.74) is 4.84. The lowest BCUT2D eigenvalue weighted by Gasteiger charge is -2.33. The Morgan fingerprint density at radius 2 is 2.25 bits per heavy atom. The number of nitrogens with two attached hydrogens (primary N) is 1. The molecule has 2 saturated heterocycles. The summed E-state index contributed by atoms with van der Waals surface area (Å²) in [6.07, 6.45) is 3.49.